The molecular weight excluding hydrogens is 336 g/mol. The van der Waals surface area contributed by atoms with Crippen LogP contribution < -0.4 is 10.6 Å². The third kappa shape index (κ3) is 3.85. The first-order valence-corrected chi connectivity index (χ1v) is 7.70. The average molecular weight is 355 g/mol. The number of rotatable bonds is 4. The van der Waals surface area contributed by atoms with Gasteiger partial charge in [0.05, 0.1) is 13.2 Å². The lowest BCUT2D eigenvalue weighted by molar-refractivity contribution is -0.155. The van der Waals surface area contributed by atoms with Crippen molar-refractivity contribution in [3.63, 3.8) is 0 Å². The molecule has 2 amide bonds. The summed E-state index contributed by atoms with van der Waals surface area (Å²) in [5.41, 5.74) is -0.676. The number of nitrogens with one attached hydrogen (secondary N) is 2. The van der Waals surface area contributed by atoms with Crippen LogP contribution in [-0.2, 0) is 23.9 Å². The molecule has 0 spiro atoms. The number of halogens is 1. The van der Waals surface area contributed by atoms with Crippen molar-refractivity contribution in [2.45, 2.75) is 31.5 Å². The number of hydrogen-bond acceptors (Lipinski definition) is 5. The fourth-order valence-electron chi connectivity index (χ4n) is 2.43. The van der Waals surface area contributed by atoms with E-state index in [-0.39, 0.29) is 12.5 Å². The number of amides is 2. The number of esters is 1. The van der Waals surface area contributed by atoms with Gasteiger partial charge in [0.2, 0.25) is 5.91 Å². The van der Waals surface area contributed by atoms with Crippen molar-refractivity contribution in [1.82, 2.24) is 10.6 Å². The summed E-state index contributed by atoms with van der Waals surface area (Å²) in [4.78, 5) is 36.0. The third-order valence-electron chi connectivity index (χ3n) is 3.64. The van der Waals surface area contributed by atoms with Gasteiger partial charge in [-0.2, -0.15) is 0 Å². The quantitative estimate of drug-likeness (QED) is 0.786. The molecule has 0 bridgehead atoms. The molecule has 0 aliphatic carbocycles. The van der Waals surface area contributed by atoms with Gasteiger partial charge in [-0.25, -0.2) is 4.79 Å². The number of ether oxygens (including phenoxy) is 2. The van der Waals surface area contributed by atoms with Crippen LogP contribution in [0.15, 0.2) is 24.3 Å². The average Bonchev–Trinajstić information content (AvgIpc) is 2.53. The summed E-state index contributed by atoms with van der Waals surface area (Å²) >= 11 is 6.17. The van der Waals surface area contributed by atoms with Crippen LogP contribution in [0.4, 0.5) is 0 Å². The van der Waals surface area contributed by atoms with Gasteiger partial charge in [-0.3, -0.25) is 9.59 Å². The van der Waals surface area contributed by atoms with Crippen molar-refractivity contribution in [3.8, 4) is 0 Å². The zero-order valence-electron chi connectivity index (χ0n) is 13.6. The molecule has 1 aromatic carbocycles. The predicted molar refractivity (Wildman–Crippen MR) is 86.3 cm³/mol. The van der Waals surface area contributed by atoms with Crippen LogP contribution in [0.1, 0.15) is 25.5 Å². The summed E-state index contributed by atoms with van der Waals surface area (Å²) in [5.74, 6) is -1.49. The Balaban J connectivity index is 2.26. The number of hydrogen-bond donors (Lipinski definition) is 2. The first-order valence-electron chi connectivity index (χ1n) is 7.32. The maximum Gasteiger partial charge on any atom is 0.330 e. The number of carbonyl (C=O) groups is 3. The van der Waals surface area contributed by atoms with Gasteiger partial charge in [-0.1, -0.05) is 29.8 Å². The maximum atomic E-state index is 12.6. The standard InChI is InChI=1S/C16H19ClN2O5/c1-16(2,15(22)23-3)19-14(21)13-12(18-11(20)8-24-13)9-6-4-5-7-10(9)17/h4-7,12-13H,8H2,1-3H3,(H,18,20)(H,19,21)/t12-,13+/m1/s1. The van der Waals surface area contributed by atoms with Crippen LogP contribution in [0.25, 0.3) is 0 Å². The van der Waals surface area contributed by atoms with Crippen LogP contribution in [-0.4, -0.2) is 43.1 Å². The van der Waals surface area contributed by atoms with E-state index in [4.69, 9.17) is 16.3 Å². The minimum atomic E-state index is -1.23. The van der Waals surface area contributed by atoms with Crippen molar-refractivity contribution in [2.75, 3.05) is 13.7 Å². The molecule has 0 aromatic heterocycles. The zero-order valence-corrected chi connectivity index (χ0v) is 14.3. The topological polar surface area (TPSA) is 93.7 Å². The molecule has 1 aliphatic rings. The lowest BCUT2D eigenvalue weighted by Gasteiger charge is -2.34. The maximum absolute atomic E-state index is 12.6. The molecule has 2 rings (SSSR count). The van der Waals surface area contributed by atoms with E-state index >= 15 is 0 Å². The number of morpholine rings is 1. The molecule has 1 fully saturated rings. The lowest BCUT2D eigenvalue weighted by Crippen LogP contribution is -2.58. The minimum absolute atomic E-state index is 0.252. The summed E-state index contributed by atoms with van der Waals surface area (Å²) in [6.07, 6.45) is -1.02. The number of benzene rings is 1. The summed E-state index contributed by atoms with van der Waals surface area (Å²) in [6.45, 7) is 2.78. The first kappa shape index (κ1) is 18.2. The fraction of sp³-hybridized carbons (Fsp3) is 0.438. The molecule has 0 unspecified atom stereocenters. The SMILES string of the molecule is COC(=O)C(C)(C)NC(=O)[C@H]1OCC(=O)N[C@@H]1c1ccccc1Cl. The Labute approximate surface area is 144 Å². The first-order chi connectivity index (χ1) is 11.3. The predicted octanol–water partition coefficient (Wildman–Crippen LogP) is 0.964. The highest BCUT2D eigenvalue weighted by Crippen LogP contribution is 2.29. The molecular formula is C16H19ClN2O5. The Hall–Kier alpha value is -2.12. The van der Waals surface area contributed by atoms with E-state index in [0.29, 0.717) is 10.6 Å². The van der Waals surface area contributed by atoms with E-state index in [1.54, 1.807) is 24.3 Å². The molecule has 2 atom stereocenters. The molecule has 8 heteroatoms. The van der Waals surface area contributed by atoms with E-state index in [9.17, 15) is 14.4 Å². The van der Waals surface area contributed by atoms with E-state index in [0.717, 1.165) is 0 Å². The summed E-state index contributed by atoms with van der Waals surface area (Å²) in [7, 11) is 1.24. The van der Waals surface area contributed by atoms with Gasteiger partial charge >= 0.3 is 5.97 Å². The third-order valence-corrected chi connectivity index (χ3v) is 3.99. The summed E-state index contributed by atoms with van der Waals surface area (Å²) < 4.78 is 10.1. The Morgan fingerprint density at radius 2 is 2.04 bits per heavy atom. The van der Waals surface area contributed by atoms with Crippen LogP contribution in [0.3, 0.4) is 0 Å². The van der Waals surface area contributed by atoms with Crippen molar-refractivity contribution in [3.05, 3.63) is 34.9 Å². The molecule has 1 saturated heterocycles. The Kier molecular flexibility index (Phi) is 5.46. The van der Waals surface area contributed by atoms with Crippen LogP contribution >= 0.6 is 11.6 Å². The van der Waals surface area contributed by atoms with Crippen LogP contribution in [0.5, 0.6) is 0 Å². The van der Waals surface area contributed by atoms with Crippen molar-refractivity contribution < 1.29 is 23.9 Å². The van der Waals surface area contributed by atoms with Gasteiger partial charge in [-0.15, -0.1) is 0 Å². The molecule has 2 N–H and O–H groups in total. The largest absolute Gasteiger partial charge is 0.467 e. The van der Waals surface area contributed by atoms with Gasteiger partial charge in [0, 0.05) is 5.02 Å². The van der Waals surface area contributed by atoms with Crippen molar-refractivity contribution in [1.29, 1.82) is 0 Å². The molecule has 1 heterocycles. The Bertz CT molecular complexity index is 662. The van der Waals surface area contributed by atoms with Gasteiger partial charge in [0.25, 0.3) is 5.91 Å². The van der Waals surface area contributed by atoms with Crippen LogP contribution in [0, 0.1) is 0 Å². The van der Waals surface area contributed by atoms with Gasteiger partial charge in [0.1, 0.15) is 12.1 Å². The number of carbonyl (C=O) groups excluding carboxylic acids is 3. The van der Waals surface area contributed by atoms with Crippen LogP contribution in [0.2, 0.25) is 5.02 Å². The molecule has 0 saturated carbocycles. The zero-order chi connectivity index (χ0) is 17.9. The van der Waals surface area contributed by atoms with E-state index in [1.807, 2.05) is 0 Å². The van der Waals surface area contributed by atoms with Gasteiger partial charge in [0.15, 0.2) is 6.10 Å². The number of methoxy groups -OCH3 is 1. The second-order valence-corrected chi connectivity index (χ2v) is 6.31. The van der Waals surface area contributed by atoms with Crippen molar-refractivity contribution >= 4 is 29.4 Å². The van der Waals surface area contributed by atoms with Crippen molar-refractivity contribution in [2.24, 2.45) is 0 Å². The summed E-state index contributed by atoms with van der Waals surface area (Å²) in [5, 5.41) is 5.69. The molecule has 7 nitrogen and oxygen atoms in total. The fourth-order valence-corrected chi connectivity index (χ4v) is 2.69. The minimum Gasteiger partial charge on any atom is -0.467 e. The van der Waals surface area contributed by atoms with E-state index in [2.05, 4.69) is 15.4 Å². The highest BCUT2D eigenvalue weighted by Gasteiger charge is 2.40. The second-order valence-electron chi connectivity index (χ2n) is 5.90. The Morgan fingerprint density at radius 1 is 1.38 bits per heavy atom. The summed E-state index contributed by atoms with van der Waals surface area (Å²) in [6, 6.07) is 6.09. The molecule has 1 aliphatic heterocycles. The normalized spacial score (nSPS) is 20.9. The van der Waals surface area contributed by atoms with Gasteiger partial charge < -0.3 is 20.1 Å². The molecule has 0 radical (unpaired) electrons. The second kappa shape index (κ2) is 7.19. The van der Waals surface area contributed by atoms with E-state index in [1.165, 1.54) is 21.0 Å². The highest BCUT2D eigenvalue weighted by molar-refractivity contribution is 6.31. The monoisotopic (exact) mass is 354 g/mol. The van der Waals surface area contributed by atoms with Gasteiger partial charge in [-0.05, 0) is 25.5 Å². The lowest BCUT2D eigenvalue weighted by atomic mass is 9.97. The smallest absolute Gasteiger partial charge is 0.330 e. The molecule has 1 aromatic rings. The Morgan fingerprint density at radius 3 is 2.67 bits per heavy atom. The molecule has 130 valence electrons. The molecule has 24 heavy (non-hydrogen) atoms. The van der Waals surface area contributed by atoms with E-state index < -0.39 is 29.6 Å². The highest BCUT2D eigenvalue weighted by atomic mass is 35.5.